The molecule has 0 spiro atoms. The number of hydrogen-bond acceptors (Lipinski definition) is 6. The average Bonchev–Trinajstić information content (AvgIpc) is 2.72. The molecule has 4 rings (SSSR count). The summed E-state index contributed by atoms with van der Waals surface area (Å²) < 4.78 is 24.0. The SMILES string of the molecule is O=C(COc1cccc(F)c1)NC1CCCN(c2ncc3c(n2)CCOC3)C1. The molecule has 2 aliphatic heterocycles. The molecule has 1 atom stereocenters. The van der Waals surface area contributed by atoms with E-state index in [1.54, 1.807) is 12.1 Å². The quantitative estimate of drug-likeness (QED) is 0.845. The number of nitrogens with zero attached hydrogens (tertiary/aromatic N) is 3. The Bertz CT molecular complexity index is 848. The van der Waals surface area contributed by atoms with Gasteiger partial charge in [-0.2, -0.15) is 0 Å². The summed E-state index contributed by atoms with van der Waals surface area (Å²) in [6, 6.07) is 5.76. The van der Waals surface area contributed by atoms with Crippen LogP contribution in [0.1, 0.15) is 24.1 Å². The molecule has 2 aromatic rings. The Morgan fingerprint density at radius 1 is 1.43 bits per heavy atom. The number of piperidine rings is 1. The van der Waals surface area contributed by atoms with Crippen LogP contribution in [-0.4, -0.2) is 48.2 Å². The number of hydrogen-bond donors (Lipinski definition) is 1. The number of halogens is 1. The van der Waals surface area contributed by atoms with Crippen molar-refractivity contribution in [3.8, 4) is 5.75 Å². The number of fused-ring (bicyclic) bond motifs is 1. The molecule has 1 fully saturated rings. The first kappa shape index (κ1) is 18.6. The zero-order valence-electron chi connectivity index (χ0n) is 15.6. The van der Waals surface area contributed by atoms with Gasteiger partial charge in [-0.3, -0.25) is 4.79 Å². The van der Waals surface area contributed by atoms with Crippen molar-refractivity contribution in [3.05, 3.63) is 47.5 Å². The Hall–Kier alpha value is -2.74. The average molecular weight is 386 g/mol. The largest absolute Gasteiger partial charge is 0.484 e. The molecule has 1 aromatic carbocycles. The number of aromatic nitrogens is 2. The number of carbonyl (C=O) groups is 1. The second-order valence-corrected chi connectivity index (χ2v) is 7.04. The zero-order chi connectivity index (χ0) is 19.3. The summed E-state index contributed by atoms with van der Waals surface area (Å²) in [5.41, 5.74) is 2.09. The number of ether oxygens (including phenoxy) is 2. The topological polar surface area (TPSA) is 76.6 Å². The van der Waals surface area contributed by atoms with Crippen LogP contribution in [0.2, 0.25) is 0 Å². The van der Waals surface area contributed by atoms with E-state index >= 15 is 0 Å². The van der Waals surface area contributed by atoms with E-state index in [4.69, 9.17) is 14.5 Å². The molecule has 0 bridgehead atoms. The minimum absolute atomic E-state index is 0.000301. The summed E-state index contributed by atoms with van der Waals surface area (Å²) in [6.07, 6.45) is 4.47. The van der Waals surface area contributed by atoms with Crippen molar-refractivity contribution in [2.75, 3.05) is 31.2 Å². The van der Waals surface area contributed by atoms with Gasteiger partial charge in [0.05, 0.1) is 18.9 Å². The Balaban J connectivity index is 1.31. The standard InChI is InChI=1S/C20H23FN4O3/c21-15-3-1-5-17(9-15)28-13-19(26)23-16-4-2-7-25(11-16)20-22-10-14-12-27-8-6-18(14)24-20/h1,3,5,9-10,16H,2,4,6-8,11-13H2,(H,23,26). The van der Waals surface area contributed by atoms with E-state index in [0.717, 1.165) is 37.1 Å². The molecule has 1 amide bonds. The highest BCUT2D eigenvalue weighted by atomic mass is 19.1. The van der Waals surface area contributed by atoms with Crippen LogP contribution in [0.25, 0.3) is 0 Å². The molecule has 1 N–H and O–H groups in total. The van der Waals surface area contributed by atoms with Gasteiger partial charge in [-0.05, 0) is 25.0 Å². The second-order valence-electron chi connectivity index (χ2n) is 7.04. The number of rotatable bonds is 5. The summed E-state index contributed by atoms with van der Waals surface area (Å²) in [7, 11) is 0. The van der Waals surface area contributed by atoms with Crippen LogP contribution < -0.4 is 15.0 Å². The Labute approximate surface area is 162 Å². The lowest BCUT2D eigenvalue weighted by Gasteiger charge is -2.33. The van der Waals surface area contributed by atoms with Crippen molar-refractivity contribution in [3.63, 3.8) is 0 Å². The maximum absolute atomic E-state index is 13.2. The molecule has 0 saturated carbocycles. The first-order chi connectivity index (χ1) is 13.7. The third kappa shape index (κ3) is 4.56. The van der Waals surface area contributed by atoms with Gasteiger partial charge in [0, 0.05) is 43.4 Å². The van der Waals surface area contributed by atoms with Crippen LogP contribution in [0.15, 0.2) is 30.5 Å². The van der Waals surface area contributed by atoms with Crippen molar-refractivity contribution < 1.29 is 18.7 Å². The van der Waals surface area contributed by atoms with Crippen molar-refractivity contribution in [1.29, 1.82) is 0 Å². The molecule has 1 aromatic heterocycles. The number of carbonyl (C=O) groups excluding carboxylic acids is 1. The molecule has 0 radical (unpaired) electrons. The normalized spacial score (nSPS) is 19.0. The molecule has 148 valence electrons. The maximum atomic E-state index is 13.2. The molecular formula is C20H23FN4O3. The van der Waals surface area contributed by atoms with Gasteiger partial charge in [-0.1, -0.05) is 6.07 Å². The fraction of sp³-hybridized carbons (Fsp3) is 0.450. The van der Waals surface area contributed by atoms with E-state index in [1.165, 1.54) is 12.1 Å². The van der Waals surface area contributed by atoms with Crippen LogP contribution in [0.3, 0.4) is 0 Å². The summed E-state index contributed by atoms with van der Waals surface area (Å²) >= 11 is 0. The molecule has 0 aliphatic carbocycles. The van der Waals surface area contributed by atoms with Crippen LogP contribution in [0.4, 0.5) is 10.3 Å². The highest BCUT2D eigenvalue weighted by Gasteiger charge is 2.24. The highest BCUT2D eigenvalue weighted by Crippen LogP contribution is 2.20. The van der Waals surface area contributed by atoms with Crippen LogP contribution in [0.5, 0.6) is 5.75 Å². The number of anilines is 1. The summed E-state index contributed by atoms with van der Waals surface area (Å²) in [5.74, 6) is 0.430. The lowest BCUT2D eigenvalue weighted by molar-refractivity contribution is -0.123. The van der Waals surface area contributed by atoms with Gasteiger partial charge in [0.1, 0.15) is 11.6 Å². The smallest absolute Gasteiger partial charge is 0.258 e. The number of nitrogens with one attached hydrogen (secondary N) is 1. The van der Waals surface area contributed by atoms with E-state index in [9.17, 15) is 9.18 Å². The van der Waals surface area contributed by atoms with Crippen molar-refractivity contribution >= 4 is 11.9 Å². The minimum Gasteiger partial charge on any atom is -0.484 e. The second kappa shape index (κ2) is 8.52. The first-order valence-corrected chi connectivity index (χ1v) is 9.52. The molecule has 28 heavy (non-hydrogen) atoms. The highest BCUT2D eigenvalue weighted by molar-refractivity contribution is 5.78. The van der Waals surface area contributed by atoms with E-state index in [0.29, 0.717) is 31.5 Å². The van der Waals surface area contributed by atoms with E-state index in [1.807, 2.05) is 6.20 Å². The molecular weight excluding hydrogens is 363 g/mol. The zero-order valence-corrected chi connectivity index (χ0v) is 15.6. The van der Waals surface area contributed by atoms with Crippen LogP contribution in [0, 0.1) is 5.82 Å². The third-order valence-electron chi connectivity index (χ3n) is 4.92. The van der Waals surface area contributed by atoms with Gasteiger partial charge >= 0.3 is 0 Å². The summed E-state index contributed by atoms with van der Waals surface area (Å²) in [5, 5.41) is 2.99. The van der Waals surface area contributed by atoms with Crippen LogP contribution >= 0.6 is 0 Å². The maximum Gasteiger partial charge on any atom is 0.258 e. The monoisotopic (exact) mass is 386 g/mol. The molecule has 8 heteroatoms. The van der Waals surface area contributed by atoms with Gasteiger partial charge in [0.2, 0.25) is 5.95 Å². The Morgan fingerprint density at radius 3 is 3.25 bits per heavy atom. The van der Waals surface area contributed by atoms with Gasteiger partial charge in [0.25, 0.3) is 5.91 Å². The predicted molar refractivity (Wildman–Crippen MR) is 101 cm³/mol. The van der Waals surface area contributed by atoms with E-state index in [-0.39, 0.29) is 18.6 Å². The van der Waals surface area contributed by atoms with Crippen molar-refractivity contribution in [2.45, 2.75) is 31.9 Å². The Morgan fingerprint density at radius 2 is 2.36 bits per heavy atom. The van der Waals surface area contributed by atoms with Gasteiger partial charge < -0.3 is 19.7 Å². The third-order valence-corrected chi connectivity index (χ3v) is 4.92. The predicted octanol–water partition coefficient (Wildman–Crippen LogP) is 1.85. The number of benzene rings is 1. The molecule has 1 saturated heterocycles. The molecule has 3 heterocycles. The molecule has 1 unspecified atom stereocenters. The summed E-state index contributed by atoms with van der Waals surface area (Å²) in [4.78, 5) is 23.5. The molecule has 7 nitrogen and oxygen atoms in total. The van der Waals surface area contributed by atoms with E-state index < -0.39 is 5.82 Å². The van der Waals surface area contributed by atoms with E-state index in [2.05, 4.69) is 15.2 Å². The Kier molecular flexibility index (Phi) is 5.66. The lowest BCUT2D eigenvalue weighted by atomic mass is 10.1. The lowest BCUT2D eigenvalue weighted by Crippen LogP contribution is -2.49. The fourth-order valence-corrected chi connectivity index (χ4v) is 3.52. The molecule has 2 aliphatic rings. The summed E-state index contributed by atoms with van der Waals surface area (Å²) in [6.45, 7) is 2.63. The van der Waals surface area contributed by atoms with Gasteiger partial charge in [0.15, 0.2) is 6.61 Å². The van der Waals surface area contributed by atoms with Gasteiger partial charge in [-0.15, -0.1) is 0 Å². The van der Waals surface area contributed by atoms with Crippen molar-refractivity contribution in [1.82, 2.24) is 15.3 Å². The first-order valence-electron chi connectivity index (χ1n) is 9.52. The number of amides is 1. The van der Waals surface area contributed by atoms with Crippen molar-refractivity contribution in [2.24, 2.45) is 0 Å². The van der Waals surface area contributed by atoms with Crippen LogP contribution in [-0.2, 0) is 22.6 Å². The van der Waals surface area contributed by atoms with Gasteiger partial charge in [-0.25, -0.2) is 14.4 Å². The minimum atomic E-state index is -0.391. The fourth-order valence-electron chi connectivity index (χ4n) is 3.52.